The molecule has 1 aliphatic heterocycles. The predicted octanol–water partition coefficient (Wildman–Crippen LogP) is 0.693. The fourth-order valence-corrected chi connectivity index (χ4v) is 1.11. The zero-order valence-corrected chi connectivity index (χ0v) is 6.53. The van der Waals surface area contributed by atoms with Gasteiger partial charge in [-0.1, -0.05) is 0 Å². The molecule has 0 aromatic heterocycles. The maximum atomic E-state index is 10.9. The van der Waals surface area contributed by atoms with Gasteiger partial charge in [0, 0.05) is 0 Å². The fraction of sp³-hybridized carbons (Fsp3) is 0.500. The standard InChI is InChI=1S/C8H10O3/c1-8(2)6(3-4-11-8)7(10)5-9/h3-6H,1-2H3. The maximum Gasteiger partial charge on any atom is 0.206 e. The predicted molar refractivity (Wildman–Crippen MR) is 38.9 cm³/mol. The van der Waals surface area contributed by atoms with Crippen molar-refractivity contribution in [1.82, 2.24) is 0 Å². The third-order valence-corrected chi connectivity index (χ3v) is 1.81. The second-order valence-corrected chi connectivity index (χ2v) is 3.05. The van der Waals surface area contributed by atoms with Gasteiger partial charge in [0.2, 0.25) is 5.78 Å². The third kappa shape index (κ3) is 1.31. The van der Waals surface area contributed by atoms with E-state index in [0.29, 0.717) is 6.29 Å². The minimum absolute atomic E-state index is 0.339. The van der Waals surface area contributed by atoms with Gasteiger partial charge in [0.1, 0.15) is 5.60 Å². The molecule has 1 rings (SSSR count). The quantitative estimate of drug-likeness (QED) is 0.434. The lowest BCUT2D eigenvalue weighted by molar-refractivity contribution is -0.134. The number of hydrogen-bond donors (Lipinski definition) is 0. The van der Waals surface area contributed by atoms with Gasteiger partial charge in [-0.2, -0.15) is 0 Å². The van der Waals surface area contributed by atoms with E-state index >= 15 is 0 Å². The van der Waals surface area contributed by atoms with Crippen LogP contribution >= 0.6 is 0 Å². The van der Waals surface area contributed by atoms with Crippen LogP contribution in [0.1, 0.15) is 13.8 Å². The monoisotopic (exact) mass is 154 g/mol. The molecule has 0 amide bonds. The number of ether oxygens (including phenoxy) is 1. The Morgan fingerprint density at radius 1 is 1.64 bits per heavy atom. The number of hydrogen-bond acceptors (Lipinski definition) is 3. The molecule has 0 spiro atoms. The van der Waals surface area contributed by atoms with Crippen molar-refractivity contribution >= 4 is 12.1 Å². The van der Waals surface area contributed by atoms with Crippen LogP contribution in [0.4, 0.5) is 0 Å². The normalized spacial score (nSPS) is 26.2. The average molecular weight is 154 g/mol. The topological polar surface area (TPSA) is 43.4 Å². The molecule has 0 aromatic carbocycles. The SMILES string of the molecule is CC1(C)OC=CC1C(=O)C=O. The molecule has 60 valence electrons. The highest BCUT2D eigenvalue weighted by Crippen LogP contribution is 2.28. The summed E-state index contributed by atoms with van der Waals surface area (Å²) in [6.07, 6.45) is 3.41. The van der Waals surface area contributed by atoms with E-state index in [9.17, 15) is 9.59 Å². The lowest BCUT2D eigenvalue weighted by atomic mass is 9.89. The highest BCUT2D eigenvalue weighted by atomic mass is 16.5. The Hall–Kier alpha value is -1.12. The van der Waals surface area contributed by atoms with Crippen molar-refractivity contribution in [3.63, 3.8) is 0 Å². The first-order valence-corrected chi connectivity index (χ1v) is 3.41. The van der Waals surface area contributed by atoms with Crippen LogP contribution in [-0.4, -0.2) is 17.7 Å². The van der Waals surface area contributed by atoms with Gasteiger partial charge in [0.25, 0.3) is 0 Å². The Morgan fingerprint density at radius 2 is 2.27 bits per heavy atom. The Kier molecular flexibility index (Phi) is 1.81. The first-order chi connectivity index (χ1) is 5.08. The van der Waals surface area contributed by atoms with E-state index in [2.05, 4.69) is 0 Å². The van der Waals surface area contributed by atoms with Crippen molar-refractivity contribution in [2.24, 2.45) is 5.92 Å². The second-order valence-electron chi connectivity index (χ2n) is 3.05. The summed E-state index contributed by atoms with van der Waals surface area (Å²) in [7, 11) is 0. The van der Waals surface area contributed by atoms with Crippen molar-refractivity contribution in [2.45, 2.75) is 19.4 Å². The second kappa shape index (κ2) is 2.49. The maximum absolute atomic E-state index is 10.9. The van der Waals surface area contributed by atoms with Crippen LogP contribution in [0.3, 0.4) is 0 Å². The minimum atomic E-state index is -0.558. The molecular weight excluding hydrogens is 144 g/mol. The van der Waals surface area contributed by atoms with Gasteiger partial charge in [-0.05, 0) is 19.9 Å². The summed E-state index contributed by atoms with van der Waals surface area (Å²) in [6, 6.07) is 0. The molecule has 1 atom stereocenters. The summed E-state index contributed by atoms with van der Waals surface area (Å²) in [5.74, 6) is -0.844. The van der Waals surface area contributed by atoms with E-state index in [0.717, 1.165) is 0 Å². The molecule has 0 bridgehead atoms. The van der Waals surface area contributed by atoms with E-state index in [4.69, 9.17) is 4.74 Å². The van der Waals surface area contributed by atoms with Crippen molar-refractivity contribution in [3.05, 3.63) is 12.3 Å². The highest BCUT2D eigenvalue weighted by molar-refractivity contribution is 6.26. The van der Waals surface area contributed by atoms with Gasteiger partial charge in [0.05, 0.1) is 12.2 Å². The third-order valence-electron chi connectivity index (χ3n) is 1.81. The minimum Gasteiger partial charge on any atom is -0.495 e. The molecule has 1 heterocycles. The zero-order chi connectivity index (χ0) is 8.48. The Labute approximate surface area is 65.0 Å². The Bertz CT molecular complexity index is 215. The zero-order valence-electron chi connectivity index (χ0n) is 6.53. The number of Topliss-reactive ketones (excluding diaryl/α,β-unsaturated/α-hetero) is 1. The molecule has 0 fully saturated rings. The van der Waals surface area contributed by atoms with Crippen LogP contribution in [0, 0.1) is 5.92 Å². The molecule has 0 aliphatic carbocycles. The lowest BCUT2D eigenvalue weighted by Crippen LogP contribution is -2.34. The molecule has 0 N–H and O–H groups in total. The largest absolute Gasteiger partial charge is 0.495 e. The molecule has 0 radical (unpaired) electrons. The first kappa shape index (κ1) is 7.98. The molecule has 11 heavy (non-hydrogen) atoms. The summed E-state index contributed by atoms with van der Waals surface area (Å²) in [4.78, 5) is 21.1. The van der Waals surface area contributed by atoms with Crippen LogP contribution in [0.2, 0.25) is 0 Å². The molecule has 0 saturated carbocycles. The van der Waals surface area contributed by atoms with Gasteiger partial charge in [-0.15, -0.1) is 0 Å². The Morgan fingerprint density at radius 3 is 2.64 bits per heavy atom. The number of carbonyl (C=O) groups excluding carboxylic acids is 2. The van der Waals surface area contributed by atoms with Crippen LogP contribution in [-0.2, 0) is 14.3 Å². The Balaban J connectivity index is 2.79. The first-order valence-electron chi connectivity index (χ1n) is 3.41. The molecule has 0 saturated heterocycles. The van der Waals surface area contributed by atoms with Gasteiger partial charge in [-0.25, -0.2) is 0 Å². The van der Waals surface area contributed by atoms with E-state index in [1.54, 1.807) is 19.9 Å². The smallest absolute Gasteiger partial charge is 0.206 e. The van der Waals surface area contributed by atoms with E-state index in [1.807, 2.05) is 0 Å². The van der Waals surface area contributed by atoms with Crippen LogP contribution in [0.5, 0.6) is 0 Å². The lowest BCUT2D eigenvalue weighted by Gasteiger charge is -2.23. The summed E-state index contributed by atoms with van der Waals surface area (Å²) in [6.45, 7) is 3.55. The van der Waals surface area contributed by atoms with E-state index in [-0.39, 0.29) is 0 Å². The molecule has 1 unspecified atom stereocenters. The van der Waals surface area contributed by atoms with Crippen LogP contribution < -0.4 is 0 Å². The van der Waals surface area contributed by atoms with Crippen molar-refractivity contribution in [2.75, 3.05) is 0 Å². The molecule has 1 aliphatic rings. The number of ketones is 1. The molecule has 0 aromatic rings. The van der Waals surface area contributed by atoms with Gasteiger partial charge < -0.3 is 4.74 Å². The van der Waals surface area contributed by atoms with Crippen LogP contribution in [0.15, 0.2) is 12.3 Å². The number of aldehydes is 1. The van der Waals surface area contributed by atoms with Crippen molar-refractivity contribution in [1.29, 1.82) is 0 Å². The summed E-state index contributed by atoms with van der Waals surface area (Å²) >= 11 is 0. The number of carbonyl (C=O) groups is 2. The fourth-order valence-electron chi connectivity index (χ4n) is 1.11. The van der Waals surface area contributed by atoms with Crippen molar-refractivity contribution < 1.29 is 14.3 Å². The summed E-state index contributed by atoms with van der Waals surface area (Å²) in [5, 5.41) is 0. The number of rotatable bonds is 2. The molecule has 3 nitrogen and oxygen atoms in total. The van der Waals surface area contributed by atoms with E-state index in [1.165, 1.54) is 6.26 Å². The average Bonchev–Trinajstić information content (AvgIpc) is 2.28. The van der Waals surface area contributed by atoms with Gasteiger partial charge in [0.15, 0.2) is 6.29 Å². The molecule has 3 heteroatoms. The van der Waals surface area contributed by atoms with Gasteiger partial charge in [-0.3, -0.25) is 9.59 Å². The molecular formula is C8H10O3. The van der Waals surface area contributed by atoms with Gasteiger partial charge >= 0.3 is 0 Å². The van der Waals surface area contributed by atoms with Crippen LogP contribution in [0.25, 0.3) is 0 Å². The van der Waals surface area contributed by atoms with Crippen molar-refractivity contribution in [3.8, 4) is 0 Å². The van der Waals surface area contributed by atoms with E-state index < -0.39 is 17.3 Å². The summed E-state index contributed by atoms with van der Waals surface area (Å²) < 4.78 is 5.12. The highest BCUT2D eigenvalue weighted by Gasteiger charge is 2.37. The summed E-state index contributed by atoms with van der Waals surface area (Å²) in [5.41, 5.74) is -0.558.